The number of morpholine rings is 1. The normalized spacial score (nSPS) is 15.9. The number of imidazole rings is 1. The van der Waals surface area contributed by atoms with Crippen molar-refractivity contribution in [1.82, 2.24) is 29.2 Å². The summed E-state index contributed by atoms with van der Waals surface area (Å²) in [6.45, 7) is 4.22. The maximum absolute atomic E-state index is 12.0. The zero-order valence-corrected chi connectivity index (χ0v) is 16.3. The third kappa shape index (κ3) is 2.78. The molecule has 138 valence electrons. The Morgan fingerprint density at radius 1 is 1.33 bits per heavy atom. The smallest absolute Gasteiger partial charge is 0.249 e. The van der Waals surface area contributed by atoms with Gasteiger partial charge in [0.25, 0.3) is 0 Å². The average Bonchev–Trinajstić information content (AvgIpc) is 3.18. The van der Waals surface area contributed by atoms with E-state index in [0.717, 1.165) is 32.9 Å². The second-order valence-corrected chi connectivity index (χ2v) is 7.60. The topological polar surface area (TPSA) is 78.1 Å². The minimum atomic E-state index is -0.0247. The highest BCUT2D eigenvalue weighted by molar-refractivity contribution is 9.10. The van der Waals surface area contributed by atoms with Crippen LogP contribution in [0.15, 0.2) is 29.0 Å². The molecule has 5 rings (SSSR count). The Morgan fingerprint density at radius 3 is 3.07 bits per heavy atom. The van der Waals surface area contributed by atoms with E-state index in [1.165, 1.54) is 0 Å². The van der Waals surface area contributed by atoms with Crippen molar-refractivity contribution in [2.24, 2.45) is 0 Å². The van der Waals surface area contributed by atoms with Crippen molar-refractivity contribution in [3.8, 4) is 17.1 Å². The lowest BCUT2D eigenvalue weighted by Gasteiger charge is -2.25. The van der Waals surface area contributed by atoms with Crippen molar-refractivity contribution in [3.63, 3.8) is 0 Å². The van der Waals surface area contributed by atoms with Gasteiger partial charge in [0.2, 0.25) is 5.91 Å². The van der Waals surface area contributed by atoms with E-state index < -0.39 is 0 Å². The molecular formula is C18H17BrN6O2. The van der Waals surface area contributed by atoms with Gasteiger partial charge in [-0.05, 0) is 25.1 Å². The maximum Gasteiger partial charge on any atom is 0.249 e. The number of ether oxygens (including phenoxy) is 1. The Hall–Kier alpha value is -2.52. The molecule has 2 aliphatic rings. The van der Waals surface area contributed by atoms with E-state index in [1.54, 1.807) is 4.90 Å². The van der Waals surface area contributed by atoms with Gasteiger partial charge in [-0.1, -0.05) is 15.9 Å². The fourth-order valence-corrected chi connectivity index (χ4v) is 3.92. The van der Waals surface area contributed by atoms with Gasteiger partial charge in [0.05, 0.1) is 43.1 Å². The molecule has 0 aliphatic carbocycles. The molecule has 1 fully saturated rings. The van der Waals surface area contributed by atoms with Crippen molar-refractivity contribution >= 4 is 21.8 Å². The molecule has 2 aromatic heterocycles. The Morgan fingerprint density at radius 2 is 2.22 bits per heavy atom. The molecule has 3 aromatic rings. The molecule has 4 heterocycles. The lowest BCUT2D eigenvalue weighted by Crippen LogP contribution is -2.41. The zero-order chi connectivity index (χ0) is 18.5. The third-order valence-corrected chi connectivity index (χ3v) is 5.46. The molecule has 0 atom stereocenters. The van der Waals surface area contributed by atoms with Crippen LogP contribution in [0.25, 0.3) is 17.1 Å². The van der Waals surface area contributed by atoms with Crippen LogP contribution in [0.4, 0.5) is 0 Å². The Bertz CT molecular complexity index is 1060. The fraction of sp³-hybridized carbons (Fsp3) is 0.333. The number of carbonyl (C=O) groups excluding carboxylic acids is 1. The molecule has 0 unspecified atom stereocenters. The number of halogens is 1. The highest BCUT2D eigenvalue weighted by Crippen LogP contribution is 2.33. The van der Waals surface area contributed by atoms with E-state index in [4.69, 9.17) is 14.8 Å². The molecule has 0 N–H and O–H groups in total. The standard InChI is InChI=1S/C18H17BrN6O2/c1-11-15-7-25-18(13-6-12(19)2-3-14(13)24(15)10-20-11)21-16(22-25)8-23-4-5-27-9-17(23)26/h2-3,6,10H,4-5,7-9H2,1H3. The van der Waals surface area contributed by atoms with E-state index in [9.17, 15) is 4.79 Å². The van der Waals surface area contributed by atoms with Crippen LogP contribution >= 0.6 is 15.9 Å². The van der Waals surface area contributed by atoms with Crippen molar-refractivity contribution in [2.45, 2.75) is 20.0 Å². The number of nitrogens with zero attached hydrogens (tertiary/aromatic N) is 6. The number of benzene rings is 1. The Labute approximate surface area is 163 Å². The predicted molar refractivity (Wildman–Crippen MR) is 100 cm³/mol. The summed E-state index contributed by atoms with van der Waals surface area (Å²) in [6.07, 6.45) is 1.84. The first-order valence-corrected chi connectivity index (χ1v) is 9.52. The number of fused-ring (bicyclic) bond motifs is 5. The molecular weight excluding hydrogens is 412 g/mol. The van der Waals surface area contributed by atoms with Crippen molar-refractivity contribution in [3.05, 3.63) is 46.2 Å². The van der Waals surface area contributed by atoms with Crippen molar-refractivity contribution in [2.75, 3.05) is 19.8 Å². The van der Waals surface area contributed by atoms with Gasteiger partial charge in [-0.25, -0.2) is 14.6 Å². The first kappa shape index (κ1) is 16.6. The summed E-state index contributed by atoms with van der Waals surface area (Å²) in [5.41, 5.74) is 4.05. The van der Waals surface area contributed by atoms with Gasteiger partial charge in [0, 0.05) is 16.6 Å². The maximum atomic E-state index is 12.0. The van der Waals surface area contributed by atoms with Gasteiger partial charge in [-0.15, -0.1) is 0 Å². The van der Waals surface area contributed by atoms with Crippen molar-refractivity contribution < 1.29 is 9.53 Å². The lowest BCUT2D eigenvalue weighted by molar-refractivity contribution is -0.143. The Kier molecular flexibility index (Phi) is 3.87. The summed E-state index contributed by atoms with van der Waals surface area (Å²) in [6, 6.07) is 6.11. The summed E-state index contributed by atoms with van der Waals surface area (Å²) in [7, 11) is 0. The molecule has 1 aromatic carbocycles. The number of rotatable bonds is 2. The number of hydrogen-bond donors (Lipinski definition) is 0. The number of carbonyl (C=O) groups is 1. The lowest BCUT2D eigenvalue weighted by atomic mass is 10.1. The van der Waals surface area contributed by atoms with E-state index >= 15 is 0 Å². The summed E-state index contributed by atoms with van der Waals surface area (Å²) in [5.74, 6) is 1.41. The fourth-order valence-electron chi connectivity index (χ4n) is 3.55. The number of hydrogen-bond acceptors (Lipinski definition) is 5. The largest absolute Gasteiger partial charge is 0.370 e. The van der Waals surface area contributed by atoms with Gasteiger partial charge in [-0.2, -0.15) is 5.10 Å². The van der Waals surface area contributed by atoms with Crippen LogP contribution in [0.3, 0.4) is 0 Å². The van der Waals surface area contributed by atoms with Crippen LogP contribution < -0.4 is 0 Å². The number of aryl methyl sites for hydroxylation is 1. The van der Waals surface area contributed by atoms with E-state index in [2.05, 4.69) is 31.5 Å². The van der Waals surface area contributed by atoms with Gasteiger partial charge in [0.15, 0.2) is 11.6 Å². The molecule has 1 amide bonds. The monoisotopic (exact) mass is 428 g/mol. The quantitative estimate of drug-likeness (QED) is 0.487. The van der Waals surface area contributed by atoms with Crippen LogP contribution in [0, 0.1) is 6.92 Å². The summed E-state index contributed by atoms with van der Waals surface area (Å²) >= 11 is 3.56. The minimum Gasteiger partial charge on any atom is -0.370 e. The number of aromatic nitrogens is 5. The second-order valence-electron chi connectivity index (χ2n) is 6.69. The summed E-state index contributed by atoms with van der Waals surface area (Å²) in [4.78, 5) is 23.0. The zero-order valence-electron chi connectivity index (χ0n) is 14.7. The molecule has 0 bridgehead atoms. The molecule has 0 spiro atoms. The summed E-state index contributed by atoms with van der Waals surface area (Å²) in [5, 5.41) is 4.70. The summed E-state index contributed by atoms with van der Waals surface area (Å²) < 4.78 is 10.2. The van der Waals surface area contributed by atoms with E-state index in [1.807, 2.05) is 30.1 Å². The van der Waals surface area contributed by atoms with Gasteiger partial charge < -0.3 is 14.2 Å². The predicted octanol–water partition coefficient (Wildman–Crippen LogP) is 1.92. The molecule has 0 radical (unpaired) electrons. The first-order valence-electron chi connectivity index (χ1n) is 8.72. The SMILES string of the molecule is Cc1ncn2c1Cn1nc(CN3CCOCC3=O)nc1-c1cc(Br)ccc1-2. The van der Waals surface area contributed by atoms with E-state index in [0.29, 0.717) is 32.1 Å². The van der Waals surface area contributed by atoms with Crippen LogP contribution in [0.5, 0.6) is 0 Å². The third-order valence-electron chi connectivity index (χ3n) is 4.97. The van der Waals surface area contributed by atoms with Crippen LogP contribution in [0.2, 0.25) is 0 Å². The van der Waals surface area contributed by atoms with Crippen LogP contribution in [-0.2, 0) is 22.6 Å². The van der Waals surface area contributed by atoms with Gasteiger partial charge in [0.1, 0.15) is 6.61 Å². The molecule has 9 heteroatoms. The van der Waals surface area contributed by atoms with Crippen LogP contribution in [0.1, 0.15) is 17.2 Å². The van der Waals surface area contributed by atoms with Gasteiger partial charge >= 0.3 is 0 Å². The average molecular weight is 429 g/mol. The molecule has 2 aliphatic heterocycles. The van der Waals surface area contributed by atoms with E-state index in [-0.39, 0.29) is 12.5 Å². The second kappa shape index (κ2) is 6.28. The van der Waals surface area contributed by atoms with Crippen molar-refractivity contribution in [1.29, 1.82) is 0 Å². The molecule has 27 heavy (non-hydrogen) atoms. The minimum absolute atomic E-state index is 0.0247. The highest BCUT2D eigenvalue weighted by atomic mass is 79.9. The van der Waals surface area contributed by atoms with Gasteiger partial charge in [-0.3, -0.25) is 4.79 Å². The Balaban J connectivity index is 1.60. The highest BCUT2D eigenvalue weighted by Gasteiger charge is 2.26. The first-order chi connectivity index (χ1) is 13.1. The number of amides is 1. The molecule has 0 saturated carbocycles. The molecule has 1 saturated heterocycles. The van der Waals surface area contributed by atoms with Crippen LogP contribution in [-0.4, -0.2) is 54.9 Å². The molecule has 8 nitrogen and oxygen atoms in total.